The van der Waals surface area contributed by atoms with Gasteiger partial charge in [0, 0.05) is 12.0 Å². The lowest BCUT2D eigenvalue weighted by Gasteiger charge is -2.23. The standard InChI is InChI=1S/C23H22ClFN4O2/c1-23(2,3)31-22(30)27-18(11-14-7-5-4-6-8-14)21-28-19(20(24)29-21)15-9-10-16(13-26)17(25)12-15/h4-10,12,18H,11H2,1-3H3,(H,27,30)(H,28,29)/t18-/m0/s1. The molecule has 160 valence electrons. The fourth-order valence-corrected chi connectivity index (χ4v) is 3.24. The molecule has 1 amide bonds. The van der Waals surface area contributed by atoms with Crippen molar-refractivity contribution in [3.63, 3.8) is 0 Å². The molecule has 1 heterocycles. The van der Waals surface area contributed by atoms with Crippen molar-refractivity contribution in [1.82, 2.24) is 15.3 Å². The van der Waals surface area contributed by atoms with Crippen LogP contribution in [0, 0.1) is 17.1 Å². The molecule has 0 aliphatic rings. The number of nitrogens with zero attached hydrogens (tertiary/aromatic N) is 2. The average molecular weight is 441 g/mol. The molecule has 6 nitrogen and oxygen atoms in total. The summed E-state index contributed by atoms with van der Waals surface area (Å²) in [5, 5.41) is 12.0. The number of aromatic nitrogens is 2. The van der Waals surface area contributed by atoms with Crippen LogP contribution in [0.1, 0.15) is 43.8 Å². The van der Waals surface area contributed by atoms with E-state index in [0.717, 1.165) is 5.56 Å². The number of rotatable bonds is 5. The molecular weight excluding hydrogens is 419 g/mol. The first-order valence-electron chi connectivity index (χ1n) is 9.65. The molecule has 8 heteroatoms. The van der Waals surface area contributed by atoms with Crippen LogP contribution in [0.4, 0.5) is 9.18 Å². The zero-order valence-electron chi connectivity index (χ0n) is 17.4. The van der Waals surface area contributed by atoms with Crippen molar-refractivity contribution in [2.75, 3.05) is 0 Å². The Kier molecular flexibility index (Phi) is 6.62. The number of H-pyrrole nitrogens is 1. The molecule has 0 spiro atoms. The van der Waals surface area contributed by atoms with Gasteiger partial charge in [-0.05, 0) is 38.5 Å². The molecule has 1 atom stereocenters. The van der Waals surface area contributed by atoms with Gasteiger partial charge in [0.1, 0.15) is 34.2 Å². The number of nitrogens with one attached hydrogen (secondary N) is 2. The topological polar surface area (TPSA) is 90.8 Å². The van der Waals surface area contributed by atoms with E-state index >= 15 is 0 Å². The number of hydrogen-bond donors (Lipinski definition) is 2. The van der Waals surface area contributed by atoms with E-state index in [4.69, 9.17) is 21.6 Å². The van der Waals surface area contributed by atoms with E-state index in [0.29, 0.717) is 23.5 Å². The summed E-state index contributed by atoms with van der Waals surface area (Å²) in [5.41, 5.74) is 0.989. The second kappa shape index (κ2) is 9.19. The van der Waals surface area contributed by atoms with Crippen LogP contribution in [0.5, 0.6) is 0 Å². The van der Waals surface area contributed by atoms with E-state index in [1.165, 1.54) is 12.1 Å². The monoisotopic (exact) mass is 440 g/mol. The Labute approximate surface area is 185 Å². The van der Waals surface area contributed by atoms with Gasteiger partial charge in [0.25, 0.3) is 0 Å². The predicted octanol–water partition coefficient (Wildman–Crippen LogP) is 5.55. The van der Waals surface area contributed by atoms with Gasteiger partial charge < -0.3 is 15.0 Å². The number of hydrogen-bond acceptors (Lipinski definition) is 4. The Morgan fingerprint density at radius 1 is 1.29 bits per heavy atom. The minimum Gasteiger partial charge on any atom is -0.444 e. The van der Waals surface area contributed by atoms with Crippen molar-refractivity contribution in [3.8, 4) is 17.3 Å². The number of carbonyl (C=O) groups excluding carboxylic acids is 1. The molecule has 2 N–H and O–H groups in total. The van der Waals surface area contributed by atoms with Crippen molar-refractivity contribution in [2.24, 2.45) is 0 Å². The molecule has 0 aliphatic heterocycles. The van der Waals surface area contributed by atoms with E-state index in [2.05, 4.69) is 15.3 Å². The van der Waals surface area contributed by atoms with Crippen molar-refractivity contribution in [1.29, 1.82) is 5.26 Å². The number of aromatic amines is 1. The lowest BCUT2D eigenvalue weighted by molar-refractivity contribution is 0.0501. The zero-order chi connectivity index (χ0) is 22.6. The molecule has 3 aromatic rings. The predicted molar refractivity (Wildman–Crippen MR) is 116 cm³/mol. The number of benzene rings is 2. The molecule has 1 aromatic heterocycles. The molecule has 0 radical (unpaired) electrons. The highest BCUT2D eigenvalue weighted by Crippen LogP contribution is 2.29. The molecular formula is C23H22ClFN4O2. The molecule has 31 heavy (non-hydrogen) atoms. The third kappa shape index (κ3) is 5.83. The van der Waals surface area contributed by atoms with E-state index in [1.807, 2.05) is 30.3 Å². The first kappa shape index (κ1) is 22.3. The normalized spacial score (nSPS) is 12.1. The highest BCUT2D eigenvalue weighted by molar-refractivity contribution is 6.31. The summed E-state index contributed by atoms with van der Waals surface area (Å²) in [5.74, 6) is -0.257. The Hall–Kier alpha value is -3.37. The second-order valence-corrected chi connectivity index (χ2v) is 8.36. The average Bonchev–Trinajstić information content (AvgIpc) is 3.08. The SMILES string of the molecule is CC(C)(C)OC(=O)N[C@@H](Cc1ccccc1)c1nc(-c2ccc(C#N)c(F)c2)c(Cl)[nH]1. The number of carbonyl (C=O) groups is 1. The summed E-state index contributed by atoms with van der Waals surface area (Å²) in [6, 6.07) is 14.9. The summed E-state index contributed by atoms with van der Waals surface area (Å²) in [6.45, 7) is 5.33. The Morgan fingerprint density at radius 3 is 2.61 bits per heavy atom. The Bertz CT molecular complexity index is 1120. The number of amides is 1. The van der Waals surface area contributed by atoms with Crippen molar-refractivity contribution >= 4 is 17.7 Å². The number of ether oxygens (including phenoxy) is 1. The van der Waals surface area contributed by atoms with E-state index in [1.54, 1.807) is 32.9 Å². The highest BCUT2D eigenvalue weighted by atomic mass is 35.5. The first-order chi connectivity index (χ1) is 14.7. The molecule has 2 aromatic carbocycles. The van der Waals surface area contributed by atoms with Crippen LogP contribution in [-0.2, 0) is 11.2 Å². The minimum atomic E-state index is -0.659. The van der Waals surface area contributed by atoms with Crippen LogP contribution >= 0.6 is 11.6 Å². The van der Waals surface area contributed by atoms with Gasteiger partial charge in [0.2, 0.25) is 0 Å². The Morgan fingerprint density at radius 2 is 2.00 bits per heavy atom. The number of nitriles is 1. The Balaban J connectivity index is 1.93. The minimum absolute atomic E-state index is 0.0656. The van der Waals surface area contributed by atoms with Crippen LogP contribution in [0.3, 0.4) is 0 Å². The van der Waals surface area contributed by atoms with Gasteiger partial charge in [0.05, 0.1) is 11.6 Å². The molecule has 0 bridgehead atoms. The van der Waals surface area contributed by atoms with Crippen LogP contribution < -0.4 is 5.32 Å². The zero-order valence-corrected chi connectivity index (χ0v) is 18.1. The van der Waals surface area contributed by atoms with E-state index in [9.17, 15) is 9.18 Å². The smallest absolute Gasteiger partial charge is 0.408 e. The summed E-state index contributed by atoms with van der Waals surface area (Å²) in [4.78, 5) is 19.9. The van der Waals surface area contributed by atoms with Crippen LogP contribution in [0.15, 0.2) is 48.5 Å². The lowest BCUT2D eigenvalue weighted by Crippen LogP contribution is -2.36. The number of imidazole rings is 1. The number of halogens is 2. The highest BCUT2D eigenvalue weighted by Gasteiger charge is 2.24. The summed E-state index contributed by atoms with van der Waals surface area (Å²) in [6.07, 6.45) is -0.155. The molecule has 0 saturated heterocycles. The van der Waals surface area contributed by atoms with Crippen molar-refractivity contribution in [3.05, 3.63) is 76.5 Å². The third-order valence-corrected chi connectivity index (χ3v) is 4.62. The molecule has 0 fully saturated rings. The molecule has 0 unspecified atom stereocenters. The maximum atomic E-state index is 14.1. The fourth-order valence-electron chi connectivity index (χ4n) is 2.99. The maximum Gasteiger partial charge on any atom is 0.408 e. The van der Waals surface area contributed by atoms with Gasteiger partial charge in [-0.15, -0.1) is 0 Å². The number of alkyl carbamates (subject to hydrolysis) is 1. The molecule has 3 rings (SSSR count). The van der Waals surface area contributed by atoms with Gasteiger partial charge in [-0.25, -0.2) is 14.2 Å². The lowest BCUT2D eigenvalue weighted by atomic mass is 10.1. The largest absolute Gasteiger partial charge is 0.444 e. The van der Waals surface area contributed by atoms with Crippen molar-refractivity contribution in [2.45, 2.75) is 38.8 Å². The van der Waals surface area contributed by atoms with Crippen LogP contribution in [0.2, 0.25) is 5.15 Å². The van der Waals surface area contributed by atoms with E-state index in [-0.39, 0.29) is 10.7 Å². The van der Waals surface area contributed by atoms with Crippen LogP contribution in [0.25, 0.3) is 11.3 Å². The second-order valence-electron chi connectivity index (χ2n) is 7.98. The van der Waals surface area contributed by atoms with Gasteiger partial charge in [0.15, 0.2) is 0 Å². The van der Waals surface area contributed by atoms with Gasteiger partial charge in [-0.2, -0.15) is 5.26 Å². The third-order valence-electron chi connectivity index (χ3n) is 4.34. The van der Waals surface area contributed by atoms with Crippen molar-refractivity contribution < 1.29 is 13.9 Å². The van der Waals surface area contributed by atoms with Gasteiger partial charge >= 0.3 is 6.09 Å². The fraction of sp³-hybridized carbons (Fsp3) is 0.261. The van der Waals surface area contributed by atoms with E-state index < -0.39 is 23.6 Å². The molecule has 0 aliphatic carbocycles. The van der Waals surface area contributed by atoms with Gasteiger partial charge in [-0.3, -0.25) is 0 Å². The summed E-state index contributed by atoms with van der Waals surface area (Å²) >= 11 is 6.35. The van der Waals surface area contributed by atoms with Crippen LogP contribution in [-0.4, -0.2) is 21.7 Å². The van der Waals surface area contributed by atoms with Gasteiger partial charge in [-0.1, -0.05) is 48.0 Å². The first-order valence-corrected chi connectivity index (χ1v) is 10.0. The molecule has 0 saturated carbocycles. The summed E-state index contributed by atoms with van der Waals surface area (Å²) in [7, 11) is 0. The quantitative estimate of drug-likeness (QED) is 0.544. The summed E-state index contributed by atoms with van der Waals surface area (Å²) < 4.78 is 19.5. The maximum absolute atomic E-state index is 14.1.